The molecule has 1 nitrogen and oxygen atoms in total. The van der Waals surface area contributed by atoms with Gasteiger partial charge in [0.05, 0.1) is 0 Å². The van der Waals surface area contributed by atoms with E-state index in [4.69, 9.17) is 4.65 Å². The maximum atomic E-state index is 7.50. The molecule has 0 aliphatic carbocycles. The Morgan fingerprint density at radius 1 is 0.362 bits per heavy atom. The SMILES string of the molecule is CC(CP(c1ccccc1)c1ccccc1)(CP(c1ccccc1)c1ccccc1)CP(c1ccccc1)c1ccccc1.[C-]#[O+].[Cr]. The van der Waals surface area contributed by atoms with E-state index in [0.717, 1.165) is 18.5 Å². The third-order valence-electron chi connectivity index (χ3n) is 8.03. The maximum absolute atomic E-state index is 7.50. The van der Waals surface area contributed by atoms with Gasteiger partial charge < -0.3 is 0 Å². The van der Waals surface area contributed by atoms with Crippen LogP contribution >= 0.6 is 23.8 Å². The molecule has 0 heterocycles. The fourth-order valence-electron chi connectivity index (χ4n) is 5.94. The molecule has 234 valence electrons. The van der Waals surface area contributed by atoms with Crippen LogP contribution < -0.4 is 31.8 Å². The predicted octanol–water partition coefficient (Wildman–Crippen LogP) is 8.35. The summed E-state index contributed by atoms with van der Waals surface area (Å²) >= 11 is 0. The van der Waals surface area contributed by atoms with Crippen molar-refractivity contribution in [2.45, 2.75) is 6.92 Å². The summed E-state index contributed by atoms with van der Waals surface area (Å²) in [7, 11) is -1.66. The van der Waals surface area contributed by atoms with E-state index in [1.807, 2.05) is 0 Å². The van der Waals surface area contributed by atoms with E-state index in [1.165, 1.54) is 31.8 Å². The van der Waals surface area contributed by atoms with Gasteiger partial charge in [0, 0.05) is 17.4 Å². The summed E-state index contributed by atoms with van der Waals surface area (Å²) in [5.74, 6) is 0. The van der Waals surface area contributed by atoms with Gasteiger partial charge in [0.2, 0.25) is 0 Å². The topological polar surface area (TPSA) is 19.9 Å². The molecule has 6 aromatic rings. The molecule has 0 amide bonds. The summed E-state index contributed by atoms with van der Waals surface area (Å²) in [6, 6.07) is 67.7. The van der Waals surface area contributed by atoms with Crippen molar-refractivity contribution in [3.63, 3.8) is 0 Å². The van der Waals surface area contributed by atoms with Crippen LogP contribution in [0.2, 0.25) is 0 Å². The second kappa shape index (κ2) is 19.0. The Bertz CT molecular complexity index is 1410. The summed E-state index contributed by atoms with van der Waals surface area (Å²) in [4.78, 5) is 0. The van der Waals surface area contributed by atoms with Gasteiger partial charge >= 0.3 is 11.3 Å². The minimum atomic E-state index is -0.555. The second-order valence-corrected chi connectivity index (χ2v) is 18.2. The van der Waals surface area contributed by atoms with E-state index in [-0.39, 0.29) is 22.8 Å². The Labute approximate surface area is 295 Å². The first kappa shape index (κ1) is 36.7. The minimum Gasteiger partial charge on any atom is 0 e. The van der Waals surface area contributed by atoms with Gasteiger partial charge in [0.1, 0.15) is 0 Å². The molecule has 0 unspecified atom stereocenters. The van der Waals surface area contributed by atoms with Crippen molar-refractivity contribution >= 4 is 55.6 Å². The molecule has 0 radical (unpaired) electrons. The second-order valence-electron chi connectivity index (χ2n) is 11.6. The fraction of sp³-hybridized carbons (Fsp3) is 0.119. The molecule has 6 aromatic carbocycles. The molecule has 6 rings (SSSR count). The van der Waals surface area contributed by atoms with Gasteiger partial charge in [0.15, 0.2) is 0 Å². The van der Waals surface area contributed by atoms with Gasteiger partial charge in [-0.05, 0) is 79.5 Å². The monoisotopic (exact) mass is 704 g/mol. The Morgan fingerprint density at radius 3 is 0.660 bits per heavy atom. The first-order valence-electron chi connectivity index (χ1n) is 15.5. The summed E-state index contributed by atoms with van der Waals surface area (Å²) in [6.07, 6.45) is 3.44. The van der Waals surface area contributed by atoms with Gasteiger partial charge in [-0.15, -0.1) is 0 Å². The summed E-state index contributed by atoms with van der Waals surface area (Å²) in [5.41, 5.74) is 0.0756. The minimum absolute atomic E-state index is 0. The van der Waals surface area contributed by atoms with Crippen LogP contribution in [0.4, 0.5) is 0 Å². The van der Waals surface area contributed by atoms with Crippen LogP contribution in [0.25, 0.3) is 0 Å². The van der Waals surface area contributed by atoms with Crippen LogP contribution in [-0.4, -0.2) is 18.5 Å². The van der Waals surface area contributed by atoms with Crippen molar-refractivity contribution in [2.75, 3.05) is 18.5 Å². The van der Waals surface area contributed by atoms with Crippen molar-refractivity contribution < 1.29 is 22.0 Å². The summed E-state index contributed by atoms with van der Waals surface area (Å²) in [6.45, 7) is 7.11. The maximum Gasteiger partial charge on any atom is 0 e. The first-order valence-corrected chi connectivity index (χ1v) is 20.1. The molecule has 47 heavy (non-hydrogen) atoms. The van der Waals surface area contributed by atoms with Crippen molar-refractivity contribution in [1.82, 2.24) is 0 Å². The van der Waals surface area contributed by atoms with E-state index < -0.39 is 23.8 Å². The van der Waals surface area contributed by atoms with E-state index >= 15 is 0 Å². The molecule has 0 saturated carbocycles. The van der Waals surface area contributed by atoms with Gasteiger partial charge in [0.25, 0.3) is 0 Å². The molecule has 5 heteroatoms. The van der Waals surface area contributed by atoms with Crippen LogP contribution in [-0.2, 0) is 22.0 Å². The standard InChI is InChI=1S/C41H39P3.CO.Cr/c1-41(32-42(35-20-8-2-9-21-35)36-22-10-3-11-23-36,33-43(37-24-12-4-13-25-37)38-26-14-5-15-27-38)34-44(39-28-16-6-17-29-39)40-30-18-7-19-31-40;1-2;/h2-31H,32-34H2,1H3;;. The third kappa shape index (κ3) is 10.2. The Morgan fingerprint density at radius 2 is 0.511 bits per heavy atom. The Hall–Kier alpha value is -3.12. The van der Waals surface area contributed by atoms with Gasteiger partial charge in [-0.1, -0.05) is 189 Å². The van der Waals surface area contributed by atoms with Gasteiger partial charge in [-0.3, -0.25) is 0 Å². The summed E-state index contributed by atoms with van der Waals surface area (Å²) in [5, 5.41) is 8.79. The molecular weight excluding hydrogens is 665 g/mol. The number of hydrogen-bond acceptors (Lipinski definition) is 0. The predicted molar refractivity (Wildman–Crippen MR) is 204 cm³/mol. The van der Waals surface area contributed by atoms with E-state index in [0.29, 0.717) is 0 Å². The quantitative estimate of drug-likeness (QED) is 0.0694. The van der Waals surface area contributed by atoms with Crippen molar-refractivity contribution in [3.05, 3.63) is 189 Å². The molecule has 0 bridgehead atoms. The van der Waals surface area contributed by atoms with Crippen LogP contribution in [0.3, 0.4) is 0 Å². The number of hydrogen-bond donors (Lipinski definition) is 0. The smallest absolute Gasteiger partial charge is 0 e. The molecule has 0 N–H and O–H groups in total. The number of rotatable bonds is 12. The average molecular weight is 705 g/mol. The molecule has 0 atom stereocenters. The molecule has 0 aromatic heterocycles. The molecule has 0 fully saturated rings. The summed E-state index contributed by atoms with van der Waals surface area (Å²) < 4.78 is 7.50. The third-order valence-corrected chi connectivity index (χ3v) is 16.8. The normalized spacial score (nSPS) is 11.0. The molecule has 0 aliphatic heterocycles. The van der Waals surface area contributed by atoms with E-state index in [1.54, 1.807) is 0 Å². The van der Waals surface area contributed by atoms with Crippen LogP contribution in [0.15, 0.2) is 182 Å². The zero-order valence-electron chi connectivity index (χ0n) is 26.6. The van der Waals surface area contributed by atoms with Crippen molar-refractivity contribution in [2.24, 2.45) is 5.41 Å². The molecular formula is C42H39CrOP3. The van der Waals surface area contributed by atoms with Crippen LogP contribution in [0.5, 0.6) is 0 Å². The van der Waals surface area contributed by atoms with Crippen LogP contribution in [0.1, 0.15) is 6.92 Å². The zero-order chi connectivity index (χ0) is 32.0. The number of benzene rings is 6. The fourth-order valence-corrected chi connectivity index (χ4v) is 14.6. The van der Waals surface area contributed by atoms with Gasteiger partial charge in [-0.25, -0.2) is 0 Å². The largest absolute Gasteiger partial charge is 0 e. The van der Waals surface area contributed by atoms with E-state index in [2.05, 4.69) is 196 Å². The molecule has 0 aliphatic rings. The zero-order valence-corrected chi connectivity index (χ0v) is 30.6. The van der Waals surface area contributed by atoms with E-state index in [9.17, 15) is 0 Å². The Kier molecular flexibility index (Phi) is 14.9. The molecule has 0 spiro atoms. The first-order chi connectivity index (χ1) is 22.7. The Balaban J connectivity index is 0.00000164. The average Bonchev–Trinajstić information content (AvgIpc) is 3.15. The van der Waals surface area contributed by atoms with Crippen molar-refractivity contribution in [1.29, 1.82) is 0 Å². The molecule has 0 saturated heterocycles. The van der Waals surface area contributed by atoms with Crippen molar-refractivity contribution in [3.8, 4) is 0 Å². The van der Waals surface area contributed by atoms with Gasteiger partial charge in [-0.2, -0.15) is 0 Å². The van der Waals surface area contributed by atoms with Crippen LogP contribution in [0, 0.1) is 12.1 Å².